The third-order valence-corrected chi connectivity index (χ3v) is 5.54. The second-order valence-corrected chi connectivity index (χ2v) is 8.15. The largest absolute Gasteiger partial charge is 0.481 e. The monoisotopic (exact) mass is 439 g/mol. The van der Waals surface area contributed by atoms with Gasteiger partial charge in [0.2, 0.25) is 0 Å². The van der Waals surface area contributed by atoms with E-state index >= 15 is 0 Å². The van der Waals surface area contributed by atoms with E-state index < -0.39 is 51.0 Å². The van der Waals surface area contributed by atoms with E-state index in [-0.39, 0.29) is 12.0 Å². The predicted molar refractivity (Wildman–Crippen MR) is 97.5 cm³/mol. The Labute approximate surface area is 169 Å². The van der Waals surface area contributed by atoms with Gasteiger partial charge in [0.1, 0.15) is 5.41 Å². The number of halogens is 5. The SMILES string of the molecule is CN(C)C1=CC(C(=O)O)(c2c(Cl)cc(C(F)(F)F)cc2Cl)CC(C)(C(=O)O)C1. The minimum atomic E-state index is -4.73. The molecule has 0 fully saturated rings. The summed E-state index contributed by atoms with van der Waals surface area (Å²) in [5.41, 5.74) is -4.50. The lowest BCUT2D eigenvalue weighted by Gasteiger charge is -2.42. The Kier molecular flexibility index (Phi) is 5.71. The Balaban J connectivity index is 2.85. The number of hydrogen-bond acceptors (Lipinski definition) is 3. The molecule has 0 saturated carbocycles. The Hall–Kier alpha value is -1.93. The van der Waals surface area contributed by atoms with Crippen molar-refractivity contribution in [3.05, 3.63) is 45.1 Å². The van der Waals surface area contributed by atoms with Crippen molar-refractivity contribution in [3.8, 4) is 0 Å². The van der Waals surface area contributed by atoms with Gasteiger partial charge in [-0.1, -0.05) is 23.2 Å². The van der Waals surface area contributed by atoms with Gasteiger partial charge in [0.05, 0.1) is 11.0 Å². The highest BCUT2D eigenvalue weighted by atomic mass is 35.5. The van der Waals surface area contributed by atoms with Crippen LogP contribution in [0.5, 0.6) is 0 Å². The zero-order chi connectivity index (χ0) is 21.7. The molecule has 10 heteroatoms. The van der Waals surface area contributed by atoms with Gasteiger partial charge in [-0.25, -0.2) is 0 Å². The van der Waals surface area contributed by atoms with Crippen molar-refractivity contribution in [2.45, 2.75) is 31.4 Å². The number of carboxylic acid groups (broad SMARTS) is 2. The molecular weight excluding hydrogens is 422 g/mol. The first-order chi connectivity index (χ1) is 12.6. The lowest BCUT2D eigenvalue weighted by molar-refractivity contribution is -0.152. The summed E-state index contributed by atoms with van der Waals surface area (Å²) in [5, 5.41) is 18.7. The number of rotatable bonds is 4. The van der Waals surface area contributed by atoms with Crippen molar-refractivity contribution < 1.29 is 33.0 Å². The molecule has 0 radical (unpaired) electrons. The summed E-state index contributed by atoms with van der Waals surface area (Å²) in [6.07, 6.45) is -3.79. The lowest BCUT2D eigenvalue weighted by atomic mass is 9.62. The molecule has 5 nitrogen and oxygen atoms in total. The number of hydrogen-bond donors (Lipinski definition) is 2. The molecule has 2 N–H and O–H groups in total. The standard InChI is InChI=1S/C18H18Cl2F3NO4/c1-16(14(25)26)6-10(24(2)3)7-17(8-16,15(27)28)13-11(19)4-9(5-12(13)20)18(21,22)23/h4-5,7H,6,8H2,1-3H3,(H,25,26)(H,27,28). The maximum absolute atomic E-state index is 13.0. The second kappa shape index (κ2) is 7.15. The van der Waals surface area contributed by atoms with Crippen LogP contribution in [0.1, 0.15) is 30.9 Å². The van der Waals surface area contributed by atoms with Crippen LogP contribution >= 0.6 is 23.2 Å². The first kappa shape index (κ1) is 22.4. The smallest absolute Gasteiger partial charge is 0.416 e. The van der Waals surface area contributed by atoms with Crippen molar-refractivity contribution in [1.82, 2.24) is 4.90 Å². The van der Waals surface area contributed by atoms with Gasteiger partial charge in [-0.15, -0.1) is 0 Å². The third kappa shape index (κ3) is 3.80. The third-order valence-electron chi connectivity index (χ3n) is 4.94. The van der Waals surface area contributed by atoms with E-state index in [1.165, 1.54) is 13.0 Å². The first-order valence-corrected chi connectivity index (χ1v) is 8.82. The first-order valence-electron chi connectivity index (χ1n) is 8.06. The number of aliphatic carboxylic acids is 2. The van der Waals surface area contributed by atoms with Crippen LogP contribution in [-0.2, 0) is 21.2 Å². The van der Waals surface area contributed by atoms with Gasteiger partial charge in [0.25, 0.3) is 0 Å². The number of carboxylic acids is 2. The lowest BCUT2D eigenvalue weighted by Crippen LogP contribution is -2.47. The predicted octanol–water partition coefficient (Wildman–Crippen LogP) is 4.66. The summed E-state index contributed by atoms with van der Waals surface area (Å²) in [7, 11) is 3.23. The van der Waals surface area contributed by atoms with E-state index in [2.05, 4.69) is 0 Å². The Morgan fingerprint density at radius 1 is 1.11 bits per heavy atom. The van der Waals surface area contributed by atoms with Gasteiger partial charge in [-0.2, -0.15) is 13.2 Å². The molecule has 1 aromatic rings. The van der Waals surface area contributed by atoms with Gasteiger partial charge in [0, 0.05) is 41.8 Å². The summed E-state index contributed by atoms with van der Waals surface area (Å²) in [6.45, 7) is 1.38. The number of benzene rings is 1. The molecule has 0 aromatic heterocycles. The molecule has 28 heavy (non-hydrogen) atoms. The maximum atomic E-state index is 13.0. The van der Waals surface area contributed by atoms with Gasteiger partial charge in [0.15, 0.2) is 0 Å². The van der Waals surface area contributed by atoms with E-state index in [0.717, 1.165) is 0 Å². The molecule has 0 saturated heterocycles. The molecule has 2 rings (SSSR count). The average Bonchev–Trinajstić information content (AvgIpc) is 2.52. The topological polar surface area (TPSA) is 77.8 Å². The normalized spacial score (nSPS) is 25.2. The van der Waals surface area contributed by atoms with Crippen molar-refractivity contribution in [3.63, 3.8) is 0 Å². The van der Waals surface area contributed by atoms with Crippen molar-refractivity contribution in [1.29, 1.82) is 0 Å². The number of alkyl halides is 3. The maximum Gasteiger partial charge on any atom is 0.416 e. The van der Waals surface area contributed by atoms with Crippen LogP contribution in [0.25, 0.3) is 0 Å². The summed E-state index contributed by atoms with van der Waals surface area (Å²) >= 11 is 12.1. The molecule has 1 aliphatic rings. The van der Waals surface area contributed by atoms with Crippen molar-refractivity contribution >= 4 is 35.1 Å². The van der Waals surface area contributed by atoms with Crippen molar-refractivity contribution in [2.24, 2.45) is 5.41 Å². The molecule has 0 heterocycles. The number of nitrogens with zero attached hydrogens (tertiary/aromatic N) is 1. The van der Waals surface area contributed by atoms with Crippen LogP contribution in [0.15, 0.2) is 23.9 Å². The fourth-order valence-corrected chi connectivity index (χ4v) is 4.29. The minimum Gasteiger partial charge on any atom is -0.481 e. The van der Waals surface area contributed by atoms with Crippen molar-refractivity contribution in [2.75, 3.05) is 14.1 Å². The number of allylic oxidation sites excluding steroid dienone is 1. The van der Waals surface area contributed by atoms with Crippen LogP contribution in [0.3, 0.4) is 0 Å². The van der Waals surface area contributed by atoms with Crippen LogP contribution in [0.4, 0.5) is 13.2 Å². The highest BCUT2D eigenvalue weighted by molar-refractivity contribution is 6.37. The van der Waals surface area contributed by atoms with Crippen LogP contribution in [0, 0.1) is 5.41 Å². The average molecular weight is 440 g/mol. The molecule has 0 spiro atoms. The summed E-state index contributed by atoms with van der Waals surface area (Å²) in [5.74, 6) is -2.69. The molecule has 2 unspecified atom stereocenters. The van der Waals surface area contributed by atoms with E-state index in [1.807, 2.05) is 0 Å². The Bertz CT molecular complexity index is 846. The van der Waals surface area contributed by atoms with E-state index in [1.54, 1.807) is 19.0 Å². The zero-order valence-corrected chi connectivity index (χ0v) is 16.7. The van der Waals surface area contributed by atoms with Gasteiger partial charge >= 0.3 is 18.1 Å². The van der Waals surface area contributed by atoms with E-state index in [0.29, 0.717) is 17.8 Å². The zero-order valence-electron chi connectivity index (χ0n) is 15.2. The van der Waals surface area contributed by atoms with Gasteiger partial charge < -0.3 is 15.1 Å². The van der Waals surface area contributed by atoms with E-state index in [9.17, 15) is 33.0 Å². The fraction of sp³-hybridized carbons (Fsp3) is 0.444. The molecule has 0 amide bonds. The van der Waals surface area contributed by atoms with Gasteiger partial charge in [-0.05, 0) is 31.6 Å². The Morgan fingerprint density at radius 3 is 1.96 bits per heavy atom. The summed E-state index contributed by atoms with van der Waals surface area (Å²) < 4.78 is 39.1. The molecule has 1 aliphatic carbocycles. The highest BCUT2D eigenvalue weighted by Gasteiger charge is 2.53. The molecule has 1 aromatic carbocycles. The fourth-order valence-electron chi connectivity index (χ4n) is 3.47. The van der Waals surface area contributed by atoms with Crippen LogP contribution < -0.4 is 0 Å². The number of carbonyl (C=O) groups is 2. The van der Waals surface area contributed by atoms with Crippen LogP contribution in [-0.4, -0.2) is 41.1 Å². The molecular formula is C18H18Cl2F3NO4. The molecule has 2 atom stereocenters. The van der Waals surface area contributed by atoms with E-state index in [4.69, 9.17) is 23.2 Å². The highest BCUT2D eigenvalue weighted by Crippen LogP contribution is 2.51. The van der Waals surface area contributed by atoms with Gasteiger partial charge in [-0.3, -0.25) is 9.59 Å². The minimum absolute atomic E-state index is 0.0419. The summed E-state index contributed by atoms with van der Waals surface area (Å²) in [6, 6.07) is 1.20. The summed E-state index contributed by atoms with van der Waals surface area (Å²) in [4.78, 5) is 25.8. The molecule has 0 aliphatic heterocycles. The second-order valence-electron chi connectivity index (χ2n) is 7.34. The molecule has 0 bridgehead atoms. The quantitative estimate of drug-likeness (QED) is 0.712. The van der Waals surface area contributed by atoms with Crippen LogP contribution in [0.2, 0.25) is 10.0 Å². The molecule has 154 valence electrons. The Morgan fingerprint density at radius 2 is 1.61 bits per heavy atom.